The number of rotatable bonds is 8. The SMILES string of the molecule is Cc1ccc(CCOCC#Cc2cccc(C#CCOCCc3ccc(C)cc3)[n+]2C)cc1.O=S(=O)([O-])C(F)(F)F. The molecule has 0 amide bonds. The number of alkyl halides is 3. The van der Waals surface area contributed by atoms with Crippen LogP contribution < -0.4 is 4.57 Å². The Hall–Kier alpha value is -3.67. The molecule has 0 aliphatic carbocycles. The summed E-state index contributed by atoms with van der Waals surface area (Å²) in [4.78, 5) is 0. The highest BCUT2D eigenvalue weighted by Gasteiger charge is 2.36. The van der Waals surface area contributed by atoms with Crippen molar-refractivity contribution in [1.29, 1.82) is 0 Å². The molecule has 3 aromatic rings. The van der Waals surface area contributed by atoms with Crippen LogP contribution in [0, 0.1) is 37.5 Å². The van der Waals surface area contributed by atoms with E-state index in [1.807, 2.05) is 29.8 Å². The lowest BCUT2D eigenvalue weighted by Gasteiger charge is -2.08. The minimum atomic E-state index is -6.09. The Kier molecular flexibility index (Phi) is 13.5. The second kappa shape index (κ2) is 16.6. The monoisotopic (exact) mass is 587 g/mol. The average molecular weight is 588 g/mol. The highest BCUT2D eigenvalue weighted by molar-refractivity contribution is 7.86. The second-order valence-corrected chi connectivity index (χ2v) is 10.3. The Balaban J connectivity index is 0.000000642. The van der Waals surface area contributed by atoms with Crippen molar-refractivity contribution < 1.29 is 40.2 Å². The number of pyridine rings is 1. The highest BCUT2D eigenvalue weighted by atomic mass is 32.2. The molecule has 41 heavy (non-hydrogen) atoms. The normalized spacial score (nSPS) is 10.9. The molecular weight excluding hydrogens is 555 g/mol. The predicted octanol–water partition coefficient (Wildman–Crippen LogP) is 4.40. The summed E-state index contributed by atoms with van der Waals surface area (Å²) < 4.78 is 72.2. The Morgan fingerprint density at radius 1 is 0.756 bits per heavy atom. The van der Waals surface area contributed by atoms with Crippen LogP contribution in [0.4, 0.5) is 13.2 Å². The predicted molar refractivity (Wildman–Crippen MR) is 149 cm³/mol. The zero-order valence-corrected chi connectivity index (χ0v) is 23.9. The molecule has 2 aromatic carbocycles. The van der Waals surface area contributed by atoms with E-state index in [9.17, 15) is 13.2 Å². The van der Waals surface area contributed by atoms with Crippen LogP contribution in [0.1, 0.15) is 33.6 Å². The standard InChI is InChI=1S/C30H32NO2.CHF3O3S/c1-25-11-15-27(16-12-25)19-23-32-21-5-9-29-7-4-8-30(31(29)3)10-6-22-33-24-20-28-17-13-26(2)14-18-28;2-1(3,4)8(5,6)7/h4,7-8,11-18H,19-24H2,1-3H3;(H,5,6,7)/q+1;/p-1. The lowest BCUT2D eigenvalue weighted by atomic mass is 10.1. The number of aromatic nitrogens is 1. The van der Waals surface area contributed by atoms with Crippen molar-refractivity contribution in [2.75, 3.05) is 26.4 Å². The van der Waals surface area contributed by atoms with Crippen molar-refractivity contribution in [3.63, 3.8) is 0 Å². The van der Waals surface area contributed by atoms with E-state index in [0.29, 0.717) is 26.4 Å². The molecule has 0 aliphatic heterocycles. The summed E-state index contributed by atoms with van der Waals surface area (Å²) in [6, 6.07) is 23.0. The summed E-state index contributed by atoms with van der Waals surface area (Å²) in [7, 11) is -4.11. The van der Waals surface area contributed by atoms with Gasteiger partial charge in [0.05, 0.1) is 13.2 Å². The van der Waals surface area contributed by atoms with Gasteiger partial charge in [-0.2, -0.15) is 17.7 Å². The highest BCUT2D eigenvalue weighted by Crippen LogP contribution is 2.20. The van der Waals surface area contributed by atoms with Gasteiger partial charge < -0.3 is 14.0 Å². The van der Waals surface area contributed by atoms with E-state index in [-0.39, 0.29) is 0 Å². The summed E-state index contributed by atoms with van der Waals surface area (Å²) >= 11 is 0. The first kappa shape index (κ1) is 33.5. The van der Waals surface area contributed by atoms with Gasteiger partial charge in [0.2, 0.25) is 0 Å². The van der Waals surface area contributed by atoms with Gasteiger partial charge in [0, 0.05) is 24.0 Å². The summed E-state index contributed by atoms with van der Waals surface area (Å²) in [5, 5.41) is 0. The van der Waals surface area contributed by atoms with Crippen molar-refractivity contribution >= 4 is 10.1 Å². The van der Waals surface area contributed by atoms with E-state index in [0.717, 1.165) is 24.2 Å². The molecule has 0 fully saturated rings. The number of hydrogen-bond acceptors (Lipinski definition) is 5. The van der Waals surface area contributed by atoms with Gasteiger partial charge in [0.25, 0.3) is 11.4 Å². The zero-order chi connectivity index (χ0) is 30.3. The molecule has 0 radical (unpaired) electrons. The van der Waals surface area contributed by atoms with Gasteiger partial charge in [-0.05, 0) is 43.9 Å². The zero-order valence-electron chi connectivity index (χ0n) is 23.1. The maximum Gasteiger partial charge on any atom is 0.485 e. The van der Waals surface area contributed by atoms with E-state index in [4.69, 9.17) is 22.4 Å². The van der Waals surface area contributed by atoms with Crippen molar-refractivity contribution in [3.8, 4) is 23.7 Å². The molecule has 6 nitrogen and oxygen atoms in total. The Morgan fingerprint density at radius 3 is 1.46 bits per heavy atom. The largest absolute Gasteiger partial charge is 0.741 e. The second-order valence-electron chi connectivity index (χ2n) is 8.94. The van der Waals surface area contributed by atoms with Crippen LogP contribution in [0.2, 0.25) is 0 Å². The van der Waals surface area contributed by atoms with Gasteiger partial charge in [-0.15, -0.1) is 0 Å². The number of halogens is 3. The summed E-state index contributed by atoms with van der Waals surface area (Å²) in [6.07, 6.45) is 1.79. The molecule has 0 saturated carbocycles. The van der Waals surface area contributed by atoms with E-state index in [2.05, 4.69) is 86.1 Å². The quantitative estimate of drug-likeness (QED) is 0.128. The van der Waals surface area contributed by atoms with E-state index in [1.165, 1.54) is 22.3 Å². The van der Waals surface area contributed by atoms with Crippen LogP contribution in [0.5, 0.6) is 0 Å². The summed E-state index contributed by atoms with van der Waals surface area (Å²) in [6.45, 7) is 6.35. The minimum Gasteiger partial charge on any atom is -0.741 e. The molecule has 10 heteroatoms. The first-order valence-electron chi connectivity index (χ1n) is 12.6. The van der Waals surface area contributed by atoms with Crippen molar-refractivity contribution in [3.05, 3.63) is 100 Å². The fourth-order valence-corrected chi connectivity index (χ4v) is 3.22. The molecule has 218 valence electrons. The molecule has 0 N–H and O–H groups in total. The Morgan fingerprint density at radius 2 is 1.12 bits per heavy atom. The first-order valence-corrected chi connectivity index (χ1v) is 14.0. The van der Waals surface area contributed by atoms with Crippen LogP contribution in [-0.4, -0.2) is 44.9 Å². The summed E-state index contributed by atoms with van der Waals surface area (Å²) in [5.74, 6) is 12.6. The van der Waals surface area contributed by atoms with Crippen molar-refractivity contribution in [2.45, 2.75) is 32.2 Å². The van der Waals surface area contributed by atoms with Crippen molar-refractivity contribution in [1.82, 2.24) is 0 Å². The average Bonchev–Trinajstić information content (AvgIpc) is 2.91. The number of aryl methyl sites for hydroxylation is 2. The molecule has 0 aliphatic rings. The van der Waals surface area contributed by atoms with Crippen LogP contribution in [0.15, 0.2) is 66.7 Å². The molecule has 0 saturated heterocycles. The Labute approximate surface area is 239 Å². The van der Waals surface area contributed by atoms with E-state index >= 15 is 0 Å². The molecule has 1 heterocycles. The first-order chi connectivity index (χ1) is 19.4. The maximum atomic E-state index is 10.7. The Bertz CT molecular complexity index is 1390. The van der Waals surface area contributed by atoms with Gasteiger partial charge in [-0.25, -0.2) is 8.42 Å². The minimum absolute atomic E-state index is 0.413. The van der Waals surface area contributed by atoms with Gasteiger partial charge in [-0.3, -0.25) is 0 Å². The molecule has 0 spiro atoms. The van der Waals surface area contributed by atoms with Crippen molar-refractivity contribution in [2.24, 2.45) is 7.05 Å². The van der Waals surface area contributed by atoms with Crippen LogP contribution >= 0.6 is 0 Å². The van der Waals surface area contributed by atoms with Gasteiger partial charge in [0.15, 0.2) is 10.1 Å². The lowest BCUT2D eigenvalue weighted by Crippen LogP contribution is -2.36. The number of benzene rings is 2. The van der Waals surface area contributed by atoms with Gasteiger partial charge in [0.1, 0.15) is 20.3 Å². The smallest absolute Gasteiger partial charge is 0.485 e. The molecule has 3 rings (SSSR count). The van der Waals surface area contributed by atoms with Gasteiger partial charge in [-0.1, -0.05) is 71.5 Å². The molecule has 0 unspecified atom stereocenters. The molecule has 1 aromatic heterocycles. The van der Waals surface area contributed by atoms with E-state index < -0.39 is 15.6 Å². The fraction of sp³-hybridized carbons (Fsp3) is 0.323. The third-order valence-electron chi connectivity index (χ3n) is 5.61. The molecule has 0 atom stereocenters. The number of ether oxygens (including phenoxy) is 2. The fourth-order valence-electron chi connectivity index (χ4n) is 3.22. The molecule has 0 bridgehead atoms. The third kappa shape index (κ3) is 13.0. The number of hydrogen-bond donors (Lipinski definition) is 0. The van der Waals surface area contributed by atoms with E-state index in [1.54, 1.807) is 0 Å². The topological polar surface area (TPSA) is 79.5 Å². The maximum absolute atomic E-state index is 10.7. The van der Waals surface area contributed by atoms with Crippen LogP contribution in [-0.2, 0) is 39.5 Å². The van der Waals surface area contributed by atoms with Crippen LogP contribution in [0.3, 0.4) is 0 Å². The third-order valence-corrected chi connectivity index (χ3v) is 6.17. The van der Waals surface area contributed by atoms with Gasteiger partial charge >= 0.3 is 5.51 Å². The number of nitrogens with zero attached hydrogens (tertiary/aromatic N) is 1. The lowest BCUT2D eigenvalue weighted by molar-refractivity contribution is -0.676. The summed E-state index contributed by atoms with van der Waals surface area (Å²) in [5.41, 5.74) is 1.28. The van der Waals surface area contributed by atoms with Crippen LogP contribution in [0.25, 0.3) is 0 Å². The molecular formula is C31H32F3NO5S.